The van der Waals surface area contributed by atoms with Crippen molar-refractivity contribution in [2.24, 2.45) is 0 Å². The highest BCUT2D eigenvalue weighted by Gasteiger charge is 2.53. The molecule has 0 atom stereocenters. The molecule has 0 spiro atoms. The largest absolute Gasteiger partial charge is 0.416 e. The molecule has 0 bridgehead atoms. The Balaban J connectivity index is 0.00000308. The molecule has 1 aromatic heterocycles. The molecule has 198 valence electrons. The van der Waals surface area contributed by atoms with Crippen LogP contribution in [-0.4, -0.2) is 18.1 Å². The summed E-state index contributed by atoms with van der Waals surface area (Å²) in [5, 5.41) is 4.81. The molecule has 39 heavy (non-hydrogen) atoms. The van der Waals surface area contributed by atoms with Crippen LogP contribution in [0.15, 0.2) is 114 Å². The minimum absolute atomic E-state index is 0. The zero-order valence-corrected chi connectivity index (χ0v) is 26.1. The van der Waals surface area contributed by atoms with Crippen LogP contribution in [0.2, 0.25) is 10.0 Å². The van der Waals surface area contributed by atoms with Gasteiger partial charge in [0.25, 0.3) is 11.3 Å². The first kappa shape index (κ1) is 28.2. The van der Waals surface area contributed by atoms with Gasteiger partial charge in [0, 0.05) is 18.1 Å². The fourth-order valence-corrected chi connectivity index (χ4v) is 10.1. The summed E-state index contributed by atoms with van der Waals surface area (Å²) >= 11 is 12.9. The number of benzene rings is 4. The molecule has 3 nitrogen and oxygen atoms in total. The summed E-state index contributed by atoms with van der Waals surface area (Å²) in [5.41, 5.74) is 1.72. The van der Waals surface area contributed by atoms with Crippen LogP contribution in [0.5, 0.6) is 0 Å². The zero-order chi connectivity index (χ0) is 26.0. The molecular weight excluding hydrogens is 657 g/mol. The first-order valence-electron chi connectivity index (χ1n) is 13.0. The Hall–Kier alpha value is -2.37. The van der Waals surface area contributed by atoms with Gasteiger partial charge in [0.05, 0.1) is 10.6 Å². The maximum atomic E-state index is 6.75. The predicted octanol–water partition coefficient (Wildman–Crippen LogP) is 7.88. The normalized spacial score (nSPS) is 13.6. The van der Waals surface area contributed by atoms with Crippen LogP contribution < -0.4 is 26.2 Å². The standard InChI is InChI=1S/C32H28Cl2N2OP.HI/c33-24-19-20-28(29(34)23-24)30-35-31(32(37-30)36-21-11-4-12-22-36)38(25-13-5-1-6-14-25,26-15-7-2-8-16-26)27-17-9-3-10-18-27;/h1-3,5-10,13-20,23H,4,11-12,21-22H2;1H/q+1;. The second kappa shape index (κ2) is 12.4. The van der Waals surface area contributed by atoms with Gasteiger partial charge in [-0.3, -0.25) is 0 Å². The lowest BCUT2D eigenvalue weighted by Gasteiger charge is -2.30. The zero-order valence-electron chi connectivity index (χ0n) is 21.3. The monoisotopic (exact) mass is 685 g/mol. The van der Waals surface area contributed by atoms with E-state index in [0.717, 1.165) is 42.8 Å². The molecule has 6 rings (SSSR count). The molecule has 5 aromatic rings. The van der Waals surface area contributed by atoms with Crippen LogP contribution in [0.4, 0.5) is 5.88 Å². The number of nitrogens with zero attached hydrogens (tertiary/aromatic N) is 2. The second-order valence-corrected chi connectivity index (χ2v) is 13.7. The van der Waals surface area contributed by atoms with E-state index in [1.807, 2.05) is 12.1 Å². The SMILES string of the molecule is Clc1ccc(-c2nc([P+](c3ccccc3)(c3ccccc3)c3ccccc3)c(N3CCCCC3)o2)c(Cl)c1.I. The van der Waals surface area contributed by atoms with E-state index in [-0.39, 0.29) is 24.0 Å². The average molecular weight is 686 g/mol. The summed E-state index contributed by atoms with van der Waals surface area (Å²) in [6.07, 6.45) is 3.49. The first-order valence-corrected chi connectivity index (χ1v) is 15.5. The third kappa shape index (κ3) is 5.37. The topological polar surface area (TPSA) is 29.3 Å². The van der Waals surface area contributed by atoms with Gasteiger partial charge >= 0.3 is 0 Å². The van der Waals surface area contributed by atoms with E-state index in [0.29, 0.717) is 15.9 Å². The maximum Gasteiger partial charge on any atom is 0.262 e. The van der Waals surface area contributed by atoms with Gasteiger partial charge in [-0.05, 0) is 73.9 Å². The van der Waals surface area contributed by atoms with E-state index in [2.05, 4.69) is 95.9 Å². The Bertz CT molecular complexity index is 1430. The van der Waals surface area contributed by atoms with Gasteiger partial charge < -0.3 is 9.32 Å². The van der Waals surface area contributed by atoms with E-state index in [9.17, 15) is 0 Å². The summed E-state index contributed by atoms with van der Waals surface area (Å²) < 4.78 is 6.75. The van der Waals surface area contributed by atoms with Crippen LogP contribution in [0.25, 0.3) is 11.5 Å². The summed E-state index contributed by atoms with van der Waals surface area (Å²) in [4.78, 5) is 7.74. The number of hydrogen-bond acceptors (Lipinski definition) is 3. The molecule has 0 unspecified atom stereocenters. The minimum atomic E-state index is -2.45. The van der Waals surface area contributed by atoms with Crippen molar-refractivity contribution in [1.82, 2.24) is 4.98 Å². The van der Waals surface area contributed by atoms with E-state index in [1.165, 1.54) is 22.3 Å². The highest BCUT2D eigenvalue weighted by Crippen LogP contribution is 2.56. The van der Waals surface area contributed by atoms with E-state index < -0.39 is 7.26 Å². The smallest absolute Gasteiger partial charge is 0.262 e. The van der Waals surface area contributed by atoms with Gasteiger partial charge in [0.2, 0.25) is 5.89 Å². The average Bonchev–Trinajstić information content (AvgIpc) is 3.41. The van der Waals surface area contributed by atoms with Crippen LogP contribution in [-0.2, 0) is 0 Å². The molecule has 1 fully saturated rings. The van der Waals surface area contributed by atoms with Crippen LogP contribution >= 0.6 is 54.4 Å². The fourth-order valence-electron chi connectivity index (χ4n) is 5.37. The van der Waals surface area contributed by atoms with E-state index in [1.54, 1.807) is 6.07 Å². The van der Waals surface area contributed by atoms with Crippen molar-refractivity contribution in [1.29, 1.82) is 0 Å². The van der Waals surface area contributed by atoms with Crippen molar-refractivity contribution in [3.8, 4) is 11.5 Å². The quantitative estimate of drug-likeness (QED) is 0.135. The lowest BCUT2D eigenvalue weighted by atomic mass is 10.1. The van der Waals surface area contributed by atoms with Crippen molar-refractivity contribution in [2.45, 2.75) is 19.3 Å². The number of halogens is 3. The van der Waals surface area contributed by atoms with Gasteiger partial charge in [0.15, 0.2) is 7.26 Å². The molecule has 1 saturated heterocycles. The first-order chi connectivity index (χ1) is 18.7. The van der Waals surface area contributed by atoms with Crippen molar-refractivity contribution in [3.63, 3.8) is 0 Å². The van der Waals surface area contributed by atoms with Crippen molar-refractivity contribution < 1.29 is 4.42 Å². The Morgan fingerprint density at radius 3 is 1.67 bits per heavy atom. The van der Waals surface area contributed by atoms with Gasteiger partial charge in [-0.2, -0.15) is 4.98 Å². The summed E-state index contributed by atoms with van der Waals surface area (Å²) in [5.74, 6) is 1.37. The molecule has 4 aromatic carbocycles. The third-order valence-corrected chi connectivity index (χ3v) is 11.8. The number of rotatable bonds is 6. The number of hydrogen-bond donors (Lipinski definition) is 0. The number of aromatic nitrogens is 1. The summed E-state index contributed by atoms with van der Waals surface area (Å²) in [7, 11) is -2.45. The predicted molar refractivity (Wildman–Crippen MR) is 178 cm³/mol. The molecule has 0 radical (unpaired) electrons. The minimum Gasteiger partial charge on any atom is -0.416 e. The fraction of sp³-hybridized carbons (Fsp3) is 0.156. The van der Waals surface area contributed by atoms with Gasteiger partial charge in [-0.25, -0.2) is 0 Å². The highest BCUT2D eigenvalue weighted by atomic mass is 127. The molecule has 0 aliphatic carbocycles. The van der Waals surface area contributed by atoms with Crippen LogP contribution in [0.3, 0.4) is 0 Å². The Morgan fingerprint density at radius 2 is 1.18 bits per heavy atom. The molecule has 1 aliphatic rings. The summed E-state index contributed by atoms with van der Waals surface area (Å²) in [6, 6.07) is 37.8. The third-order valence-electron chi connectivity index (χ3n) is 7.15. The van der Waals surface area contributed by atoms with Crippen LogP contribution in [0.1, 0.15) is 19.3 Å². The number of oxazole rings is 1. The highest BCUT2D eigenvalue weighted by molar-refractivity contribution is 14.0. The molecule has 0 amide bonds. The van der Waals surface area contributed by atoms with E-state index >= 15 is 0 Å². The maximum absolute atomic E-state index is 6.75. The molecule has 0 N–H and O–H groups in total. The molecular formula is C32H29Cl2IN2OP+. The Labute approximate surface area is 257 Å². The van der Waals surface area contributed by atoms with Crippen molar-refractivity contribution in [2.75, 3.05) is 18.0 Å². The van der Waals surface area contributed by atoms with Crippen molar-refractivity contribution in [3.05, 3.63) is 119 Å². The number of piperidine rings is 1. The van der Waals surface area contributed by atoms with Gasteiger partial charge in [-0.1, -0.05) is 77.8 Å². The van der Waals surface area contributed by atoms with Crippen molar-refractivity contribution >= 4 is 81.7 Å². The lowest BCUT2D eigenvalue weighted by molar-refractivity contribution is 0.506. The summed E-state index contributed by atoms with van der Waals surface area (Å²) in [6.45, 7) is 1.88. The van der Waals surface area contributed by atoms with E-state index in [4.69, 9.17) is 32.6 Å². The molecule has 2 heterocycles. The Kier molecular flexibility index (Phi) is 8.98. The molecule has 1 aliphatic heterocycles. The van der Waals surface area contributed by atoms with Gasteiger partial charge in [-0.15, -0.1) is 24.0 Å². The molecule has 7 heteroatoms. The number of anilines is 1. The Morgan fingerprint density at radius 1 is 0.667 bits per heavy atom. The lowest BCUT2D eigenvalue weighted by Crippen LogP contribution is -2.42. The second-order valence-electron chi connectivity index (χ2n) is 9.50. The van der Waals surface area contributed by atoms with Gasteiger partial charge in [0.1, 0.15) is 15.9 Å². The van der Waals surface area contributed by atoms with Crippen LogP contribution in [0, 0.1) is 0 Å². The molecule has 0 saturated carbocycles.